The minimum atomic E-state index is -0.495. The fourth-order valence-corrected chi connectivity index (χ4v) is 4.79. The maximum absolute atomic E-state index is 14.8. The molecule has 0 aliphatic carbocycles. The smallest absolute Gasteiger partial charge is 0.259 e. The summed E-state index contributed by atoms with van der Waals surface area (Å²) in [4.78, 5) is 30.5. The normalized spacial score (nSPS) is 17.8. The van der Waals surface area contributed by atoms with Gasteiger partial charge >= 0.3 is 0 Å². The fourth-order valence-electron chi connectivity index (χ4n) is 4.50. The molecule has 5 rings (SSSR count). The summed E-state index contributed by atoms with van der Waals surface area (Å²) in [6, 6.07) is 11.1. The number of halogens is 2. The largest absolute Gasteiger partial charge is 0.376 e. The third-order valence-electron chi connectivity index (χ3n) is 6.12. The van der Waals surface area contributed by atoms with Crippen LogP contribution in [-0.2, 0) is 4.74 Å². The first-order chi connectivity index (χ1) is 16.4. The standard InChI is InChI=1S/C24H23ClFN5O3/c1-14-13-30(9-10-34-14)20(21-17(25)6-4-7-18(21)26)12-27-23(32)16-11-28-31-19-8-3-2-5-15(19)24(33)29-22(16)31/h2-8,11,14,20H,9-10,12-13H2,1H3,(H,27,32)(H,29,33). The van der Waals surface area contributed by atoms with E-state index in [4.69, 9.17) is 16.3 Å². The molecule has 2 N–H and O–H groups in total. The van der Waals surface area contributed by atoms with Crippen molar-refractivity contribution in [3.8, 4) is 0 Å². The van der Waals surface area contributed by atoms with E-state index in [1.54, 1.807) is 36.4 Å². The van der Waals surface area contributed by atoms with Crippen LogP contribution < -0.4 is 10.9 Å². The van der Waals surface area contributed by atoms with Gasteiger partial charge in [0, 0.05) is 30.2 Å². The van der Waals surface area contributed by atoms with Crippen LogP contribution in [0.5, 0.6) is 0 Å². The number of para-hydroxylation sites is 1. The second-order valence-electron chi connectivity index (χ2n) is 8.33. The van der Waals surface area contributed by atoms with Gasteiger partial charge in [-0.05, 0) is 31.2 Å². The monoisotopic (exact) mass is 483 g/mol. The van der Waals surface area contributed by atoms with Crippen molar-refractivity contribution in [2.75, 3.05) is 26.2 Å². The number of benzene rings is 2. The number of carbonyl (C=O) groups excluding carboxylic acids is 1. The van der Waals surface area contributed by atoms with Crippen molar-refractivity contribution in [1.82, 2.24) is 24.8 Å². The van der Waals surface area contributed by atoms with Gasteiger partial charge in [-0.25, -0.2) is 8.91 Å². The lowest BCUT2D eigenvalue weighted by atomic mass is 10.0. The summed E-state index contributed by atoms with van der Waals surface area (Å²) in [5.74, 6) is -0.864. The highest BCUT2D eigenvalue weighted by Gasteiger charge is 2.30. The van der Waals surface area contributed by atoms with Crippen molar-refractivity contribution in [2.24, 2.45) is 0 Å². The van der Waals surface area contributed by atoms with Crippen LogP contribution in [0.3, 0.4) is 0 Å². The van der Waals surface area contributed by atoms with Crippen molar-refractivity contribution in [2.45, 2.75) is 19.1 Å². The van der Waals surface area contributed by atoms with Gasteiger partial charge in [-0.2, -0.15) is 5.10 Å². The van der Waals surface area contributed by atoms with Gasteiger partial charge in [-0.15, -0.1) is 0 Å². The molecule has 2 unspecified atom stereocenters. The number of rotatable bonds is 5. The zero-order valence-electron chi connectivity index (χ0n) is 18.4. The Hall–Kier alpha value is -3.27. The van der Waals surface area contributed by atoms with Gasteiger partial charge in [0.2, 0.25) is 0 Å². The predicted octanol–water partition coefficient (Wildman–Crippen LogP) is 3.16. The minimum Gasteiger partial charge on any atom is -0.376 e. The van der Waals surface area contributed by atoms with E-state index in [0.717, 1.165) is 0 Å². The molecule has 1 fully saturated rings. The number of aromatic amines is 1. The quantitative estimate of drug-likeness (QED) is 0.455. The average molecular weight is 484 g/mol. The second-order valence-corrected chi connectivity index (χ2v) is 8.73. The third-order valence-corrected chi connectivity index (χ3v) is 6.45. The van der Waals surface area contributed by atoms with Gasteiger partial charge in [-0.3, -0.25) is 14.5 Å². The number of ether oxygens (including phenoxy) is 1. The Morgan fingerprint density at radius 2 is 2.15 bits per heavy atom. The molecule has 0 bridgehead atoms. The number of nitrogens with one attached hydrogen (secondary N) is 2. The molecule has 1 amide bonds. The first-order valence-electron chi connectivity index (χ1n) is 11.0. The van der Waals surface area contributed by atoms with Crippen LogP contribution in [-0.4, -0.2) is 57.8 Å². The van der Waals surface area contributed by atoms with Crippen LogP contribution in [0.2, 0.25) is 5.02 Å². The summed E-state index contributed by atoms with van der Waals surface area (Å²) in [7, 11) is 0. The molecule has 1 aliphatic heterocycles. The maximum Gasteiger partial charge on any atom is 0.259 e. The predicted molar refractivity (Wildman–Crippen MR) is 127 cm³/mol. The molecule has 0 radical (unpaired) electrons. The van der Waals surface area contributed by atoms with Gasteiger partial charge in [0.25, 0.3) is 11.5 Å². The molecule has 1 aliphatic rings. The summed E-state index contributed by atoms with van der Waals surface area (Å²) in [6.07, 6.45) is 1.38. The lowest BCUT2D eigenvalue weighted by Gasteiger charge is -2.38. The van der Waals surface area contributed by atoms with Gasteiger partial charge in [0.05, 0.1) is 35.9 Å². The van der Waals surface area contributed by atoms with Crippen LogP contribution in [0.1, 0.15) is 28.9 Å². The first kappa shape index (κ1) is 22.5. The zero-order chi connectivity index (χ0) is 23.8. The van der Waals surface area contributed by atoms with Crippen LogP contribution in [0.15, 0.2) is 53.5 Å². The van der Waals surface area contributed by atoms with Gasteiger partial charge in [0.15, 0.2) is 0 Å². The van der Waals surface area contributed by atoms with Crippen molar-refractivity contribution >= 4 is 34.1 Å². The van der Waals surface area contributed by atoms with E-state index in [-0.39, 0.29) is 23.8 Å². The topological polar surface area (TPSA) is 91.7 Å². The first-order valence-corrected chi connectivity index (χ1v) is 11.4. The molecular weight excluding hydrogens is 461 g/mol. The summed E-state index contributed by atoms with van der Waals surface area (Å²) in [5.41, 5.74) is 1.13. The molecular formula is C24H23ClFN5O3. The van der Waals surface area contributed by atoms with Gasteiger partial charge < -0.3 is 15.0 Å². The number of hydrogen-bond donors (Lipinski definition) is 2. The van der Waals surface area contributed by atoms with E-state index in [9.17, 15) is 14.0 Å². The Balaban J connectivity index is 1.46. The molecule has 4 aromatic rings. The molecule has 176 valence electrons. The Morgan fingerprint density at radius 1 is 1.32 bits per heavy atom. The zero-order valence-corrected chi connectivity index (χ0v) is 19.2. The molecule has 2 aromatic carbocycles. The minimum absolute atomic E-state index is 0.0320. The molecule has 34 heavy (non-hydrogen) atoms. The summed E-state index contributed by atoms with van der Waals surface area (Å²) in [5, 5.41) is 7.96. The molecule has 10 heteroatoms. The average Bonchev–Trinajstić information content (AvgIpc) is 3.25. The Kier molecular flexibility index (Phi) is 6.07. The van der Waals surface area contributed by atoms with Crippen molar-refractivity contribution in [1.29, 1.82) is 0 Å². The molecule has 2 aromatic heterocycles. The van der Waals surface area contributed by atoms with E-state index >= 15 is 0 Å². The molecule has 3 heterocycles. The molecule has 0 saturated carbocycles. The SMILES string of the molecule is CC1CN(C(CNC(=O)c2cnn3c2[nH]c(=O)c2ccccc23)c2c(F)cccc2Cl)CCO1. The molecule has 2 atom stereocenters. The number of carbonyl (C=O) groups is 1. The van der Waals surface area contributed by atoms with Crippen molar-refractivity contribution in [3.63, 3.8) is 0 Å². The molecule has 0 spiro atoms. The summed E-state index contributed by atoms with van der Waals surface area (Å²) in [6.45, 7) is 3.71. The Morgan fingerprint density at radius 3 is 2.94 bits per heavy atom. The molecule has 1 saturated heterocycles. The van der Waals surface area contributed by atoms with Crippen molar-refractivity contribution in [3.05, 3.63) is 81.0 Å². The summed E-state index contributed by atoms with van der Waals surface area (Å²) >= 11 is 6.38. The number of H-pyrrole nitrogens is 1. The number of fused-ring (bicyclic) bond motifs is 3. The molecule has 8 nitrogen and oxygen atoms in total. The fraction of sp³-hybridized carbons (Fsp3) is 0.292. The van der Waals surface area contributed by atoms with Crippen LogP contribution >= 0.6 is 11.6 Å². The number of hydrogen-bond acceptors (Lipinski definition) is 5. The van der Waals surface area contributed by atoms with E-state index < -0.39 is 17.8 Å². The van der Waals surface area contributed by atoms with Crippen LogP contribution in [0.25, 0.3) is 16.6 Å². The number of morpholine rings is 1. The van der Waals surface area contributed by atoms with E-state index in [2.05, 4.69) is 20.3 Å². The van der Waals surface area contributed by atoms with Crippen LogP contribution in [0, 0.1) is 5.82 Å². The lowest BCUT2D eigenvalue weighted by molar-refractivity contribution is -0.0346. The van der Waals surface area contributed by atoms with Gasteiger partial charge in [0.1, 0.15) is 17.0 Å². The highest BCUT2D eigenvalue weighted by molar-refractivity contribution is 6.31. The number of amides is 1. The number of nitrogens with zero attached hydrogens (tertiary/aromatic N) is 3. The maximum atomic E-state index is 14.8. The van der Waals surface area contributed by atoms with Gasteiger partial charge in [-0.1, -0.05) is 29.8 Å². The number of aromatic nitrogens is 3. The second kappa shape index (κ2) is 9.17. The third kappa shape index (κ3) is 4.06. The Labute approximate surface area is 199 Å². The Bertz CT molecular complexity index is 1420. The van der Waals surface area contributed by atoms with E-state index in [1.165, 1.54) is 16.8 Å². The lowest BCUT2D eigenvalue weighted by Crippen LogP contribution is -2.47. The highest BCUT2D eigenvalue weighted by Crippen LogP contribution is 2.31. The van der Waals surface area contributed by atoms with Crippen molar-refractivity contribution < 1.29 is 13.9 Å². The van der Waals surface area contributed by atoms with E-state index in [1.807, 2.05) is 6.92 Å². The highest BCUT2D eigenvalue weighted by atomic mass is 35.5. The summed E-state index contributed by atoms with van der Waals surface area (Å²) < 4.78 is 22.0. The van der Waals surface area contributed by atoms with E-state index in [0.29, 0.717) is 46.8 Å². The van der Waals surface area contributed by atoms with Crippen LogP contribution in [0.4, 0.5) is 4.39 Å².